The molecule has 0 radical (unpaired) electrons. The van der Waals surface area contributed by atoms with Crippen LogP contribution >= 0.6 is 0 Å². The molecule has 0 saturated heterocycles. The van der Waals surface area contributed by atoms with Gasteiger partial charge in [0.1, 0.15) is 5.69 Å². The van der Waals surface area contributed by atoms with Crippen molar-refractivity contribution < 1.29 is 0 Å². The van der Waals surface area contributed by atoms with Crippen LogP contribution in [0.1, 0.15) is 11.3 Å². The second kappa shape index (κ2) is 4.25. The summed E-state index contributed by atoms with van der Waals surface area (Å²) < 4.78 is 0. The van der Waals surface area contributed by atoms with Crippen LogP contribution in [-0.2, 0) is 0 Å². The Bertz CT molecular complexity index is 541. The summed E-state index contributed by atoms with van der Waals surface area (Å²) in [7, 11) is 0. The van der Waals surface area contributed by atoms with Crippen molar-refractivity contribution in [2.75, 3.05) is 0 Å². The summed E-state index contributed by atoms with van der Waals surface area (Å²) in [6.07, 6.45) is 0. The van der Waals surface area contributed by atoms with Crippen molar-refractivity contribution >= 4 is 0 Å². The van der Waals surface area contributed by atoms with Gasteiger partial charge < -0.3 is 0 Å². The Morgan fingerprint density at radius 3 is 2.47 bits per heavy atom. The molecule has 72 valence electrons. The summed E-state index contributed by atoms with van der Waals surface area (Å²) in [5.41, 5.74) is 1.25. The number of aromatic nitrogens is 2. The zero-order valence-corrected chi connectivity index (χ0v) is 7.90. The maximum atomic E-state index is 10.7. The monoisotopic (exact) mass is 196 g/mol. The highest BCUT2D eigenvalue weighted by Crippen LogP contribution is 1.95. The van der Waals surface area contributed by atoms with Gasteiger partial charge in [0.15, 0.2) is 0 Å². The summed E-state index contributed by atoms with van der Waals surface area (Å²) in [5.74, 6) is 5.80. The fourth-order valence-corrected chi connectivity index (χ4v) is 1.07. The quantitative estimate of drug-likeness (QED) is 0.643. The molecule has 1 N–H and O–H groups in total. The zero-order valence-electron chi connectivity index (χ0n) is 7.90. The highest BCUT2D eigenvalue weighted by atomic mass is 16.1. The zero-order chi connectivity index (χ0) is 10.5. The molecule has 15 heavy (non-hydrogen) atoms. The normalized spacial score (nSPS) is 9.07. The number of nitrogens with one attached hydrogen (secondary N) is 1. The minimum absolute atomic E-state index is 0.222. The number of H-pyrrole nitrogens is 1. The van der Waals surface area contributed by atoms with Gasteiger partial charge in [0.05, 0.1) is 0 Å². The van der Waals surface area contributed by atoms with Crippen LogP contribution in [0.25, 0.3) is 0 Å². The first kappa shape index (κ1) is 9.22. The van der Waals surface area contributed by atoms with E-state index in [0.29, 0.717) is 5.69 Å². The molecule has 0 fully saturated rings. The second-order valence-corrected chi connectivity index (χ2v) is 2.92. The third kappa shape index (κ3) is 2.55. The van der Waals surface area contributed by atoms with Crippen molar-refractivity contribution in [3.8, 4) is 11.8 Å². The molecule has 1 aromatic carbocycles. The average molecular weight is 196 g/mol. The van der Waals surface area contributed by atoms with E-state index in [1.165, 1.54) is 6.07 Å². The maximum Gasteiger partial charge on any atom is 0.264 e. The fraction of sp³-hybridized carbons (Fsp3) is 0. The average Bonchev–Trinajstić information content (AvgIpc) is 2.30. The van der Waals surface area contributed by atoms with Crippen LogP contribution in [0.2, 0.25) is 0 Å². The molecule has 0 aliphatic carbocycles. The lowest BCUT2D eigenvalue weighted by atomic mass is 10.2. The van der Waals surface area contributed by atoms with Crippen LogP contribution in [-0.4, -0.2) is 10.2 Å². The number of benzene rings is 1. The van der Waals surface area contributed by atoms with Crippen molar-refractivity contribution in [3.63, 3.8) is 0 Å². The van der Waals surface area contributed by atoms with E-state index in [2.05, 4.69) is 22.0 Å². The molecule has 1 aromatic heterocycles. The molecular weight excluding hydrogens is 188 g/mol. The van der Waals surface area contributed by atoms with Gasteiger partial charge in [-0.05, 0) is 24.1 Å². The Labute approximate surface area is 86.8 Å². The van der Waals surface area contributed by atoms with Crippen LogP contribution < -0.4 is 5.56 Å². The smallest absolute Gasteiger partial charge is 0.264 e. The van der Waals surface area contributed by atoms with Gasteiger partial charge in [-0.15, -0.1) is 0 Å². The van der Waals surface area contributed by atoms with E-state index in [1.54, 1.807) is 6.07 Å². The van der Waals surface area contributed by atoms with Gasteiger partial charge in [0.25, 0.3) is 5.56 Å². The number of hydrogen-bond donors (Lipinski definition) is 1. The number of nitrogens with zero attached hydrogens (tertiary/aromatic N) is 1. The molecule has 0 bridgehead atoms. The molecule has 0 saturated carbocycles. The van der Waals surface area contributed by atoms with Gasteiger partial charge in [-0.25, -0.2) is 5.10 Å². The minimum atomic E-state index is -0.222. The first-order valence-electron chi connectivity index (χ1n) is 4.47. The molecule has 0 aliphatic rings. The van der Waals surface area contributed by atoms with Gasteiger partial charge in [-0.1, -0.05) is 24.1 Å². The molecule has 0 atom stereocenters. The molecule has 0 aliphatic heterocycles. The molecule has 2 rings (SSSR count). The lowest BCUT2D eigenvalue weighted by molar-refractivity contribution is 0.974. The Kier molecular flexibility index (Phi) is 2.61. The summed E-state index contributed by atoms with van der Waals surface area (Å²) >= 11 is 0. The Morgan fingerprint density at radius 2 is 1.80 bits per heavy atom. The topological polar surface area (TPSA) is 45.8 Å². The van der Waals surface area contributed by atoms with Crippen molar-refractivity contribution in [2.45, 2.75) is 0 Å². The van der Waals surface area contributed by atoms with Gasteiger partial charge in [-0.3, -0.25) is 4.79 Å². The standard InChI is InChI=1S/C12H8N2O/c15-12-9-8-11(13-14-12)7-6-10-4-2-1-3-5-10/h1-5,8-9H,(H,14,15). The van der Waals surface area contributed by atoms with Crippen LogP contribution in [0, 0.1) is 11.8 Å². The highest BCUT2D eigenvalue weighted by Gasteiger charge is 1.87. The molecule has 0 unspecified atom stereocenters. The second-order valence-electron chi connectivity index (χ2n) is 2.92. The summed E-state index contributed by atoms with van der Waals surface area (Å²) in [5, 5.41) is 6.11. The van der Waals surface area contributed by atoms with Gasteiger partial charge in [-0.2, -0.15) is 5.10 Å². The van der Waals surface area contributed by atoms with Gasteiger partial charge in [0, 0.05) is 11.6 Å². The number of hydrogen-bond acceptors (Lipinski definition) is 2. The largest absolute Gasteiger partial charge is 0.268 e. The third-order valence-corrected chi connectivity index (χ3v) is 1.79. The van der Waals surface area contributed by atoms with Gasteiger partial charge >= 0.3 is 0 Å². The van der Waals surface area contributed by atoms with E-state index in [9.17, 15) is 4.79 Å². The Hall–Kier alpha value is -2.34. The molecule has 3 nitrogen and oxygen atoms in total. The van der Waals surface area contributed by atoms with Gasteiger partial charge in [0.2, 0.25) is 0 Å². The van der Waals surface area contributed by atoms with E-state index < -0.39 is 0 Å². The highest BCUT2D eigenvalue weighted by molar-refractivity contribution is 5.39. The lowest BCUT2D eigenvalue weighted by Gasteiger charge is -1.87. The van der Waals surface area contributed by atoms with E-state index in [0.717, 1.165) is 5.56 Å². The maximum absolute atomic E-state index is 10.7. The van der Waals surface area contributed by atoms with Crippen LogP contribution in [0.4, 0.5) is 0 Å². The molecular formula is C12H8N2O. The predicted octanol–water partition coefficient (Wildman–Crippen LogP) is 1.17. The summed E-state index contributed by atoms with van der Waals surface area (Å²) in [4.78, 5) is 10.7. The minimum Gasteiger partial charge on any atom is -0.268 e. The lowest BCUT2D eigenvalue weighted by Crippen LogP contribution is -2.05. The SMILES string of the molecule is O=c1ccc(C#Cc2ccccc2)n[nH]1. The van der Waals surface area contributed by atoms with Crippen LogP contribution in [0.15, 0.2) is 47.3 Å². The van der Waals surface area contributed by atoms with Crippen LogP contribution in [0.5, 0.6) is 0 Å². The third-order valence-electron chi connectivity index (χ3n) is 1.79. The van der Waals surface area contributed by atoms with E-state index in [1.807, 2.05) is 30.3 Å². The molecule has 0 spiro atoms. The molecule has 0 amide bonds. The molecule has 3 heteroatoms. The van der Waals surface area contributed by atoms with Crippen molar-refractivity contribution in [1.82, 2.24) is 10.2 Å². The fourth-order valence-electron chi connectivity index (χ4n) is 1.07. The molecule has 1 heterocycles. The summed E-state index contributed by atoms with van der Waals surface area (Å²) in [6.45, 7) is 0. The predicted molar refractivity (Wildman–Crippen MR) is 57.3 cm³/mol. The van der Waals surface area contributed by atoms with E-state index in [4.69, 9.17) is 0 Å². The number of rotatable bonds is 0. The first-order valence-corrected chi connectivity index (χ1v) is 4.47. The van der Waals surface area contributed by atoms with Crippen molar-refractivity contribution in [2.24, 2.45) is 0 Å². The van der Waals surface area contributed by atoms with E-state index >= 15 is 0 Å². The molecule has 2 aromatic rings. The first-order chi connectivity index (χ1) is 7.34. The van der Waals surface area contributed by atoms with Crippen molar-refractivity contribution in [1.29, 1.82) is 0 Å². The summed E-state index contributed by atoms with van der Waals surface area (Å²) in [6, 6.07) is 12.6. The number of aromatic amines is 1. The Morgan fingerprint density at radius 1 is 1.00 bits per heavy atom. The van der Waals surface area contributed by atoms with E-state index in [-0.39, 0.29) is 5.56 Å². The van der Waals surface area contributed by atoms with Crippen LogP contribution in [0.3, 0.4) is 0 Å². The Balaban J connectivity index is 2.26. The van der Waals surface area contributed by atoms with Crippen molar-refractivity contribution in [3.05, 3.63) is 64.1 Å².